The number of aromatic nitrogens is 1. The molecule has 0 aliphatic heterocycles. The van der Waals surface area contributed by atoms with E-state index in [1.165, 1.54) is 6.07 Å². The van der Waals surface area contributed by atoms with Crippen molar-refractivity contribution in [2.24, 2.45) is 0 Å². The summed E-state index contributed by atoms with van der Waals surface area (Å²) in [7, 11) is 0. The summed E-state index contributed by atoms with van der Waals surface area (Å²) in [5, 5.41) is 0.563. The lowest BCUT2D eigenvalue weighted by atomic mass is 10.2. The molecule has 0 spiro atoms. The fraction of sp³-hybridized carbons (Fsp3) is 0. The molecule has 0 aliphatic carbocycles. The molecule has 0 amide bonds. The first-order valence-corrected chi connectivity index (χ1v) is 6.98. The van der Waals surface area contributed by atoms with Gasteiger partial charge in [0.1, 0.15) is 0 Å². The Balaban J connectivity index is 1.94. The molecule has 104 valence electrons. The van der Waals surface area contributed by atoms with Crippen molar-refractivity contribution in [2.75, 3.05) is 0 Å². The number of hydrogen-bond acceptors (Lipinski definition) is 3. The summed E-state index contributed by atoms with van der Waals surface area (Å²) in [5.41, 5.74) is 0.827. The zero-order valence-electron chi connectivity index (χ0n) is 10.7. The van der Waals surface area contributed by atoms with Gasteiger partial charge in [-0.05, 0) is 42.1 Å². The number of carbonyl (C=O) groups excluding carboxylic acids is 1. The Morgan fingerprint density at radius 3 is 2.62 bits per heavy atom. The monoisotopic (exact) mass is 301 g/mol. The fourth-order valence-electron chi connectivity index (χ4n) is 1.94. The molecule has 0 atom stereocenters. The van der Waals surface area contributed by atoms with Crippen molar-refractivity contribution in [3.63, 3.8) is 0 Å². The van der Waals surface area contributed by atoms with Gasteiger partial charge in [-0.15, -0.1) is 0 Å². The number of nitrogens with zero attached hydrogens (tertiary/aromatic N) is 1. The van der Waals surface area contributed by atoms with Crippen LogP contribution >= 0.6 is 11.8 Å². The van der Waals surface area contributed by atoms with Gasteiger partial charge in [0, 0.05) is 22.0 Å². The average Bonchev–Trinajstić information content (AvgIpc) is 2.50. The van der Waals surface area contributed by atoms with E-state index >= 15 is 0 Å². The van der Waals surface area contributed by atoms with Crippen molar-refractivity contribution in [2.45, 2.75) is 4.90 Å². The number of para-hydroxylation sites is 1. The van der Waals surface area contributed by atoms with Gasteiger partial charge in [-0.3, -0.25) is 9.78 Å². The highest BCUT2D eigenvalue weighted by molar-refractivity contribution is 8.14. The van der Waals surface area contributed by atoms with Gasteiger partial charge < -0.3 is 0 Å². The van der Waals surface area contributed by atoms with Crippen LogP contribution in [0.2, 0.25) is 0 Å². The summed E-state index contributed by atoms with van der Waals surface area (Å²) in [6.45, 7) is 0. The van der Waals surface area contributed by atoms with Crippen LogP contribution in [0, 0.1) is 11.6 Å². The smallest absolute Gasteiger partial charge is 0.224 e. The third-order valence-corrected chi connectivity index (χ3v) is 3.92. The first-order chi connectivity index (χ1) is 10.1. The van der Waals surface area contributed by atoms with E-state index in [2.05, 4.69) is 4.98 Å². The van der Waals surface area contributed by atoms with E-state index in [1.54, 1.807) is 12.3 Å². The quantitative estimate of drug-likeness (QED) is 0.655. The zero-order chi connectivity index (χ0) is 14.8. The maximum Gasteiger partial charge on any atom is 0.224 e. The van der Waals surface area contributed by atoms with E-state index in [0.29, 0.717) is 10.4 Å². The minimum absolute atomic E-state index is 0.117. The minimum Gasteiger partial charge on any atom is -0.281 e. The number of benzene rings is 2. The number of fused-ring (bicyclic) bond motifs is 1. The Morgan fingerprint density at radius 1 is 1.00 bits per heavy atom. The highest BCUT2D eigenvalue weighted by Gasteiger charge is 2.13. The lowest BCUT2D eigenvalue weighted by molar-refractivity contribution is 0.108. The van der Waals surface area contributed by atoms with E-state index in [4.69, 9.17) is 0 Å². The second-order valence-electron chi connectivity index (χ2n) is 4.35. The molecular weight excluding hydrogens is 292 g/mol. The molecule has 0 bridgehead atoms. The van der Waals surface area contributed by atoms with Crippen LogP contribution in [-0.4, -0.2) is 10.1 Å². The molecule has 0 radical (unpaired) electrons. The van der Waals surface area contributed by atoms with Crippen LogP contribution in [0.25, 0.3) is 10.9 Å². The van der Waals surface area contributed by atoms with E-state index in [0.717, 1.165) is 29.3 Å². The number of hydrogen-bond donors (Lipinski definition) is 0. The molecule has 0 unspecified atom stereocenters. The van der Waals surface area contributed by atoms with Gasteiger partial charge in [0.15, 0.2) is 11.6 Å². The largest absolute Gasteiger partial charge is 0.281 e. The predicted octanol–water partition coefficient (Wildman–Crippen LogP) is 4.45. The zero-order valence-corrected chi connectivity index (χ0v) is 11.5. The first-order valence-electron chi connectivity index (χ1n) is 6.16. The molecule has 0 aliphatic rings. The molecule has 0 saturated heterocycles. The van der Waals surface area contributed by atoms with Crippen LogP contribution in [0.4, 0.5) is 8.78 Å². The van der Waals surface area contributed by atoms with Crippen molar-refractivity contribution in [3.8, 4) is 0 Å². The molecule has 0 N–H and O–H groups in total. The summed E-state index contributed by atoms with van der Waals surface area (Å²) in [6, 6.07) is 12.3. The van der Waals surface area contributed by atoms with Gasteiger partial charge in [0.05, 0.1) is 5.52 Å². The van der Waals surface area contributed by atoms with E-state index in [9.17, 15) is 13.6 Å². The number of carbonyl (C=O) groups is 1. The maximum atomic E-state index is 13.2. The van der Waals surface area contributed by atoms with Gasteiger partial charge in [0.25, 0.3) is 0 Å². The molecule has 5 heteroatoms. The lowest BCUT2D eigenvalue weighted by Gasteiger charge is -2.05. The Labute approximate surface area is 123 Å². The van der Waals surface area contributed by atoms with Crippen molar-refractivity contribution in [1.29, 1.82) is 0 Å². The second kappa shape index (κ2) is 5.61. The van der Waals surface area contributed by atoms with Crippen LogP contribution in [-0.2, 0) is 0 Å². The molecule has 1 aromatic heterocycles. The third kappa shape index (κ3) is 2.78. The molecule has 2 nitrogen and oxygen atoms in total. The molecule has 0 fully saturated rings. The van der Waals surface area contributed by atoms with Crippen LogP contribution < -0.4 is 0 Å². The van der Waals surface area contributed by atoms with Gasteiger partial charge in [-0.2, -0.15) is 0 Å². The molecule has 1 heterocycles. The lowest BCUT2D eigenvalue weighted by Crippen LogP contribution is -1.96. The predicted molar refractivity (Wildman–Crippen MR) is 78.3 cm³/mol. The highest BCUT2D eigenvalue weighted by Crippen LogP contribution is 2.29. The van der Waals surface area contributed by atoms with Gasteiger partial charge in [-0.25, -0.2) is 8.78 Å². The topological polar surface area (TPSA) is 30.0 Å². The van der Waals surface area contributed by atoms with Crippen LogP contribution in [0.15, 0.2) is 59.6 Å². The number of rotatable bonds is 2. The Morgan fingerprint density at radius 2 is 1.81 bits per heavy atom. The number of halogens is 2. The summed E-state index contributed by atoms with van der Waals surface area (Å²) in [5.74, 6) is -2.00. The van der Waals surface area contributed by atoms with E-state index < -0.39 is 11.6 Å². The summed E-state index contributed by atoms with van der Waals surface area (Å²) in [4.78, 5) is 17.1. The molecule has 2 aromatic carbocycles. The summed E-state index contributed by atoms with van der Waals surface area (Å²) in [6.07, 6.45) is 1.65. The van der Waals surface area contributed by atoms with Crippen molar-refractivity contribution >= 4 is 27.8 Å². The van der Waals surface area contributed by atoms with Crippen molar-refractivity contribution < 1.29 is 13.6 Å². The third-order valence-electron chi connectivity index (χ3n) is 2.95. The van der Waals surface area contributed by atoms with Gasteiger partial charge in [0.2, 0.25) is 5.12 Å². The van der Waals surface area contributed by atoms with Crippen molar-refractivity contribution in [3.05, 3.63) is 71.9 Å². The molecule has 3 rings (SSSR count). The molecule has 0 saturated carbocycles. The van der Waals surface area contributed by atoms with Crippen LogP contribution in [0.1, 0.15) is 10.4 Å². The molecule has 3 aromatic rings. The van der Waals surface area contributed by atoms with E-state index in [-0.39, 0.29) is 10.7 Å². The first kappa shape index (κ1) is 13.7. The Hall–Kier alpha value is -2.27. The van der Waals surface area contributed by atoms with Gasteiger partial charge >= 0.3 is 0 Å². The van der Waals surface area contributed by atoms with E-state index in [1.807, 2.05) is 24.3 Å². The van der Waals surface area contributed by atoms with Gasteiger partial charge in [-0.1, -0.05) is 18.2 Å². The Bertz CT molecular complexity index is 830. The maximum absolute atomic E-state index is 13.2. The average molecular weight is 301 g/mol. The van der Waals surface area contributed by atoms with Crippen molar-refractivity contribution in [1.82, 2.24) is 4.98 Å². The summed E-state index contributed by atoms with van der Waals surface area (Å²) >= 11 is 0.950. The SMILES string of the molecule is O=C(Sc1cccc2cccnc12)c1ccc(F)c(F)c1. The summed E-state index contributed by atoms with van der Waals surface area (Å²) < 4.78 is 26.1. The van der Waals surface area contributed by atoms with Crippen LogP contribution in [0.5, 0.6) is 0 Å². The molecule has 21 heavy (non-hydrogen) atoms. The normalized spacial score (nSPS) is 10.8. The number of pyridine rings is 1. The highest BCUT2D eigenvalue weighted by atomic mass is 32.2. The second-order valence-corrected chi connectivity index (χ2v) is 5.36. The Kier molecular flexibility index (Phi) is 3.66. The van der Waals surface area contributed by atoms with Crippen LogP contribution in [0.3, 0.4) is 0 Å². The molecular formula is C16H9F2NOS. The minimum atomic E-state index is -1.03. The number of thioether (sulfide) groups is 1. The standard InChI is InChI=1S/C16H9F2NOS/c17-12-7-6-11(9-13(12)18)16(20)21-14-5-1-3-10-4-2-8-19-15(10)14/h1-9H. The fourth-order valence-corrected chi connectivity index (χ4v) is 2.80.